The van der Waals surface area contributed by atoms with E-state index in [-0.39, 0.29) is 31.0 Å². The molecule has 4 heavy (non-hydrogen) atoms. The quantitative estimate of drug-likeness (QED) is 0.240. The molecule has 0 amide bonds. The molecule has 0 spiro atoms. The molecule has 0 aliphatic carbocycles. The molecule has 0 fully saturated rings. The first kappa shape index (κ1) is 9.02. The van der Waals surface area contributed by atoms with Gasteiger partial charge in [-0.25, -0.2) is 0 Å². The molecule has 0 aromatic rings. The smallest absolute Gasteiger partial charge is 1.00 e. The van der Waals surface area contributed by atoms with Crippen LogP contribution in [0.1, 0.15) is 1.43 Å². The van der Waals surface area contributed by atoms with Crippen molar-refractivity contribution in [3.8, 4) is 0 Å². The molecule has 0 aromatic heterocycles. The van der Waals surface area contributed by atoms with Gasteiger partial charge < -0.3 is 11.2 Å². The number of hydrogen-bond donors (Lipinski definition) is 2. The van der Waals surface area contributed by atoms with Crippen molar-refractivity contribution in [3.05, 3.63) is 0 Å². The van der Waals surface area contributed by atoms with Gasteiger partial charge in [-0.2, -0.15) is 0 Å². The van der Waals surface area contributed by atoms with Crippen LogP contribution in [0.15, 0.2) is 0 Å². The summed E-state index contributed by atoms with van der Waals surface area (Å²) < 4.78 is 0. The second-order valence-electron chi connectivity index (χ2n) is 0.100. The molecule has 0 aliphatic rings. The van der Waals surface area contributed by atoms with E-state index in [4.69, 9.17) is 9.79 Å². The van der Waals surface area contributed by atoms with Crippen molar-refractivity contribution >= 4 is 9.03 Å². The summed E-state index contributed by atoms with van der Waals surface area (Å²) in [6.45, 7) is 0. The molecular formula is H4NaO2P. The number of rotatable bonds is 0. The van der Waals surface area contributed by atoms with Gasteiger partial charge in [0.1, 0.15) is 9.03 Å². The predicted octanol–water partition coefficient (Wildman–Crippen LogP) is -3.40. The Kier molecular flexibility index (Phi) is 19.9. The molecule has 0 atom stereocenters. The summed E-state index contributed by atoms with van der Waals surface area (Å²) in [4.78, 5) is 14.3. The Balaban J connectivity index is -0.0000000200. The Bertz CT molecular complexity index is 9.61. The summed E-state index contributed by atoms with van der Waals surface area (Å²) in [7, 11) is -0.917. The summed E-state index contributed by atoms with van der Waals surface area (Å²) >= 11 is 0. The molecule has 0 bridgehead atoms. The molecule has 2 N–H and O–H groups in total. The van der Waals surface area contributed by atoms with E-state index in [9.17, 15) is 0 Å². The minimum absolute atomic E-state index is 0. The molecule has 22 valence electrons. The van der Waals surface area contributed by atoms with E-state index in [1.165, 1.54) is 0 Å². The zero-order valence-corrected chi connectivity index (χ0v) is 5.39. The maximum atomic E-state index is 7.15. The molecule has 0 radical (unpaired) electrons. The third kappa shape index (κ3) is 10.2. The summed E-state index contributed by atoms with van der Waals surface area (Å²) in [6.07, 6.45) is 0. The average Bonchev–Trinajstić information content (AvgIpc) is 0.918. The molecule has 0 heterocycles. The zero-order chi connectivity index (χ0) is 2.71. The minimum atomic E-state index is -0.917. The normalized spacial score (nSPS) is 4.50. The van der Waals surface area contributed by atoms with Gasteiger partial charge in [0.15, 0.2) is 0 Å². The van der Waals surface area contributed by atoms with Crippen LogP contribution in [0.4, 0.5) is 0 Å². The first-order valence-electron chi connectivity index (χ1n) is 0.447. The van der Waals surface area contributed by atoms with Crippen LogP contribution in [-0.4, -0.2) is 9.79 Å². The fourth-order valence-electron chi connectivity index (χ4n) is 0. The van der Waals surface area contributed by atoms with Crippen LogP contribution < -0.4 is 29.6 Å². The van der Waals surface area contributed by atoms with E-state index in [0.717, 1.165) is 0 Å². The second-order valence-corrected chi connectivity index (χ2v) is 0.300. The van der Waals surface area contributed by atoms with E-state index in [1.807, 2.05) is 0 Å². The standard InChI is InChI=1S/Na.H3O2P.H/c;1-3-2;/h;1-3H;/q+1;;-1. The molecule has 0 saturated carbocycles. The van der Waals surface area contributed by atoms with Crippen molar-refractivity contribution in [3.63, 3.8) is 0 Å². The van der Waals surface area contributed by atoms with E-state index in [1.54, 1.807) is 0 Å². The van der Waals surface area contributed by atoms with E-state index < -0.39 is 9.03 Å². The molecule has 4 heteroatoms. The van der Waals surface area contributed by atoms with Crippen molar-refractivity contribution in [2.24, 2.45) is 0 Å². The Morgan fingerprint density at radius 1 is 1.50 bits per heavy atom. The van der Waals surface area contributed by atoms with Gasteiger partial charge >= 0.3 is 29.6 Å². The van der Waals surface area contributed by atoms with Crippen molar-refractivity contribution in [1.82, 2.24) is 0 Å². The third-order valence-electron chi connectivity index (χ3n) is 0. The van der Waals surface area contributed by atoms with Gasteiger partial charge in [-0.1, -0.05) is 0 Å². The fraction of sp³-hybridized carbons (Fsp3) is 0. The van der Waals surface area contributed by atoms with Gasteiger partial charge in [-0.3, -0.25) is 0 Å². The van der Waals surface area contributed by atoms with Gasteiger partial charge in [0, 0.05) is 0 Å². The van der Waals surface area contributed by atoms with Crippen molar-refractivity contribution in [2.75, 3.05) is 0 Å². The summed E-state index contributed by atoms with van der Waals surface area (Å²) in [5, 5.41) is 0. The van der Waals surface area contributed by atoms with Gasteiger partial charge in [0.05, 0.1) is 0 Å². The summed E-state index contributed by atoms with van der Waals surface area (Å²) in [5.41, 5.74) is 0. The average molecular weight is 90.0 g/mol. The van der Waals surface area contributed by atoms with Gasteiger partial charge in [-0.15, -0.1) is 0 Å². The number of hydrogen-bond acceptors (Lipinski definition) is 2. The Morgan fingerprint density at radius 3 is 1.50 bits per heavy atom. The van der Waals surface area contributed by atoms with E-state index >= 15 is 0 Å². The second kappa shape index (κ2) is 8.84. The largest absolute Gasteiger partial charge is 1.00 e. The van der Waals surface area contributed by atoms with Crippen LogP contribution >= 0.6 is 9.03 Å². The molecule has 0 aromatic carbocycles. The summed E-state index contributed by atoms with van der Waals surface area (Å²) in [6, 6.07) is 0. The topological polar surface area (TPSA) is 40.5 Å². The van der Waals surface area contributed by atoms with Gasteiger partial charge in [-0.05, 0) is 0 Å². The third-order valence-corrected chi connectivity index (χ3v) is 0. The van der Waals surface area contributed by atoms with Crippen LogP contribution in [0.3, 0.4) is 0 Å². The van der Waals surface area contributed by atoms with E-state index in [2.05, 4.69) is 0 Å². The van der Waals surface area contributed by atoms with Crippen molar-refractivity contribution < 1.29 is 40.8 Å². The summed E-state index contributed by atoms with van der Waals surface area (Å²) in [5.74, 6) is 0. The van der Waals surface area contributed by atoms with Crippen LogP contribution in [0, 0.1) is 0 Å². The fourth-order valence-corrected chi connectivity index (χ4v) is 0. The predicted molar refractivity (Wildman–Crippen MR) is 13.9 cm³/mol. The molecule has 0 unspecified atom stereocenters. The van der Waals surface area contributed by atoms with Crippen molar-refractivity contribution in [2.45, 2.75) is 0 Å². The van der Waals surface area contributed by atoms with Crippen molar-refractivity contribution in [1.29, 1.82) is 0 Å². The Hall–Kier alpha value is 1.35. The monoisotopic (exact) mass is 90.0 g/mol. The molecule has 0 saturated heterocycles. The molecule has 2 nitrogen and oxygen atoms in total. The molecule has 0 aliphatic heterocycles. The molecule has 0 rings (SSSR count). The van der Waals surface area contributed by atoms with Crippen LogP contribution in [0.5, 0.6) is 0 Å². The SMILES string of the molecule is OPO.[H-].[Na+]. The molecular weight excluding hydrogens is 86.0 g/mol. The van der Waals surface area contributed by atoms with Crippen LogP contribution in [0.2, 0.25) is 0 Å². The van der Waals surface area contributed by atoms with Crippen LogP contribution in [-0.2, 0) is 0 Å². The zero-order valence-electron chi connectivity index (χ0n) is 3.39. The maximum absolute atomic E-state index is 7.15. The van der Waals surface area contributed by atoms with E-state index in [0.29, 0.717) is 0 Å². The van der Waals surface area contributed by atoms with Gasteiger partial charge in [0.2, 0.25) is 0 Å². The van der Waals surface area contributed by atoms with Gasteiger partial charge in [0.25, 0.3) is 0 Å². The first-order chi connectivity index (χ1) is 1.41. The Morgan fingerprint density at radius 2 is 1.50 bits per heavy atom. The Labute approximate surface area is 49.9 Å². The van der Waals surface area contributed by atoms with Crippen LogP contribution in [0.25, 0.3) is 0 Å². The minimum Gasteiger partial charge on any atom is -1.00 e. The maximum Gasteiger partial charge on any atom is 1.00 e. The first-order valence-corrected chi connectivity index (χ1v) is 1.34.